The molecule has 29 heavy (non-hydrogen) atoms. The molecule has 0 amide bonds. The van der Waals surface area contributed by atoms with Crippen molar-refractivity contribution < 1.29 is 0 Å². The zero-order valence-electron chi connectivity index (χ0n) is 16.1. The maximum absolute atomic E-state index is 9.20. The molecule has 2 fully saturated rings. The van der Waals surface area contributed by atoms with Gasteiger partial charge in [0.1, 0.15) is 11.6 Å². The predicted octanol–water partition coefficient (Wildman–Crippen LogP) is 2.08. The molecule has 2 bridgehead atoms. The number of aromatic nitrogens is 5. The number of fused-ring (bicyclic) bond motifs is 2. The van der Waals surface area contributed by atoms with Gasteiger partial charge < -0.3 is 15.1 Å². The van der Waals surface area contributed by atoms with Crippen LogP contribution in [0.15, 0.2) is 43.0 Å². The van der Waals surface area contributed by atoms with Crippen LogP contribution in [0.1, 0.15) is 18.4 Å². The van der Waals surface area contributed by atoms with Crippen LogP contribution in [0.4, 0.5) is 23.3 Å². The van der Waals surface area contributed by atoms with Gasteiger partial charge in [-0.05, 0) is 31.0 Å². The summed E-state index contributed by atoms with van der Waals surface area (Å²) in [7, 11) is 1.87. The van der Waals surface area contributed by atoms with Crippen molar-refractivity contribution in [2.75, 3.05) is 28.2 Å². The van der Waals surface area contributed by atoms with Gasteiger partial charge >= 0.3 is 0 Å². The van der Waals surface area contributed by atoms with Crippen molar-refractivity contribution in [1.82, 2.24) is 24.7 Å². The summed E-state index contributed by atoms with van der Waals surface area (Å²) in [6, 6.07) is 8.53. The monoisotopic (exact) mass is 387 g/mol. The van der Waals surface area contributed by atoms with E-state index in [-0.39, 0.29) is 0 Å². The Hall–Kier alpha value is -3.67. The number of aryl methyl sites for hydroxylation is 1. The number of nitrogens with zero attached hydrogens (tertiary/aromatic N) is 8. The molecule has 2 atom stereocenters. The third-order valence-corrected chi connectivity index (χ3v) is 5.55. The second-order valence-corrected chi connectivity index (χ2v) is 7.48. The molecule has 5 heterocycles. The van der Waals surface area contributed by atoms with Crippen molar-refractivity contribution in [1.29, 1.82) is 5.26 Å². The molecule has 9 heteroatoms. The van der Waals surface area contributed by atoms with Crippen LogP contribution < -0.4 is 15.1 Å². The number of anilines is 4. The van der Waals surface area contributed by atoms with Crippen LogP contribution in [0.5, 0.6) is 0 Å². The van der Waals surface area contributed by atoms with E-state index in [4.69, 9.17) is 4.98 Å². The summed E-state index contributed by atoms with van der Waals surface area (Å²) in [4.78, 5) is 18.3. The molecule has 0 aliphatic carbocycles. The first-order chi connectivity index (χ1) is 14.2. The van der Waals surface area contributed by atoms with Gasteiger partial charge in [0.2, 0.25) is 5.95 Å². The molecular formula is C20H21N9. The normalized spacial score (nSPS) is 20.6. The van der Waals surface area contributed by atoms with Crippen molar-refractivity contribution in [3.63, 3.8) is 0 Å². The molecule has 3 aromatic heterocycles. The Morgan fingerprint density at radius 3 is 2.62 bits per heavy atom. The number of piperazine rings is 1. The van der Waals surface area contributed by atoms with E-state index in [2.05, 4.69) is 36.3 Å². The van der Waals surface area contributed by atoms with E-state index < -0.39 is 0 Å². The number of hydrogen-bond donors (Lipinski definition) is 1. The zero-order chi connectivity index (χ0) is 19.8. The molecule has 0 saturated carbocycles. The average Bonchev–Trinajstić information content (AvgIpc) is 3.27. The van der Waals surface area contributed by atoms with Gasteiger partial charge in [-0.1, -0.05) is 0 Å². The Morgan fingerprint density at radius 2 is 1.90 bits per heavy atom. The van der Waals surface area contributed by atoms with Gasteiger partial charge in [-0.3, -0.25) is 4.68 Å². The lowest BCUT2D eigenvalue weighted by Gasteiger charge is -2.42. The highest BCUT2D eigenvalue weighted by Crippen LogP contribution is 2.35. The maximum Gasteiger partial charge on any atom is 0.229 e. The minimum atomic E-state index is 0.361. The lowest BCUT2D eigenvalue weighted by atomic mass is 10.1. The largest absolute Gasteiger partial charge is 0.352 e. The summed E-state index contributed by atoms with van der Waals surface area (Å²) >= 11 is 0. The Bertz CT molecular complexity index is 1060. The van der Waals surface area contributed by atoms with E-state index in [1.807, 2.05) is 25.4 Å². The molecule has 146 valence electrons. The molecule has 9 nitrogen and oxygen atoms in total. The average molecular weight is 387 g/mol. The molecule has 2 saturated heterocycles. The summed E-state index contributed by atoms with van der Waals surface area (Å²) in [5.41, 5.74) is 1.51. The van der Waals surface area contributed by atoms with Crippen LogP contribution in [-0.4, -0.2) is 49.9 Å². The minimum absolute atomic E-state index is 0.361. The molecule has 0 radical (unpaired) electrons. The third kappa shape index (κ3) is 3.33. The molecular weight excluding hydrogens is 366 g/mol. The second kappa shape index (κ2) is 7.05. The van der Waals surface area contributed by atoms with E-state index >= 15 is 0 Å². The molecule has 5 rings (SSSR count). The summed E-state index contributed by atoms with van der Waals surface area (Å²) in [5.74, 6) is 2.38. The van der Waals surface area contributed by atoms with E-state index in [0.717, 1.165) is 43.3 Å². The molecule has 0 aromatic carbocycles. The SMILES string of the molecule is Cn1cc(Nc2nccc(N3C[C@H]4CC[C@@H](C3)N4c3cc(C#N)ccn3)n2)cn1. The highest BCUT2D eigenvalue weighted by molar-refractivity contribution is 5.55. The van der Waals surface area contributed by atoms with Gasteiger partial charge in [-0.15, -0.1) is 0 Å². The van der Waals surface area contributed by atoms with Crippen LogP contribution in [0.2, 0.25) is 0 Å². The van der Waals surface area contributed by atoms with E-state index in [0.29, 0.717) is 23.6 Å². The summed E-state index contributed by atoms with van der Waals surface area (Å²) in [5, 5.41) is 16.6. The van der Waals surface area contributed by atoms with Crippen LogP contribution >= 0.6 is 0 Å². The van der Waals surface area contributed by atoms with Crippen molar-refractivity contribution in [2.45, 2.75) is 24.9 Å². The smallest absolute Gasteiger partial charge is 0.229 e. The lowest BCUT2D eigenvalue weighted by molar-refractivity contribution is 0.527. The number of hydrogen-bond acceptors (Lipinski definition) is 8. The summed E-state index contributed by atoms with van der Waals surface area (Å²) in [6.45, 7) is 1.75. The number of pyridine rings is 1. The van der Waals surface area contributed by atoms with Gasteiger partial charge in [0.15, 0.2) is 0 Å². The Morgan fingerprint density at radius 1 is 1.10 bits per heavy atom. The van der Waals surface area contributed by atoms with Crippen LogP contribution in [0, 0.1) is 11.3 Å². The van der Waals surface area contributed by atoms with Gasteiger partial charge in [-0.2, -0.15) is 15.3 Å². The Balaban J connectivity index is 1.34. The van der Waals surface area contributed by atoms with E-state index in [1.165, 1.54) is 0 Å². The summed E-state index contributed by atoms with van der Waals surface area (Å²) < 4.78 is 1.73. The van der Waals surface area contributed by atoms with Crippen molar-refractivity contribution >= 4 is 23.3 Å². The van der Waals surface area contributed by atoms with Crippen LogP contribution in [0.25, 0.3) is 0 Å². The standard InChI is InChI=1S/C20H21N9/c1-27-11-15(10-24-27)25-20-23-7-5-18(26-20)28-12-16-2-3-17(13-28)29(16)19-8-14(9-21)4-6-22-19/h4-8,10-11,16-17H,2-3,12-13H2,1H3,(H,23,25,26)/t16-,17+. The number of nitrogens with one attached hydrogen (secondary N) is 1. The predicted molar refractivity (Wildman–Crippen MR) is 109 cm³/mol. The van der Waals surface area contributed by atoms with Crippen LogP contribution in [-0.2, 0) is 7.05 Å². The van der Waals surface area contributed by atoms with Gasteiger partial charge in [0.25, 0.3) is 0 Å². The fraction of sp³-hybridized carbons (Fsp3) is 0.350. The quantitative estimate of drug-likeness (QED) is 0.726. The first kappa shape index (κ1) is 17.4. The molecule has 0 unspecified atom stereocenters. The fourth-order valence-corrected chi connectivity index (χ4v) is 4.29. The van der Waals surface area contributed by atoms with Crippen molar-refractivity contribution in [3.8, 4) is 6.07 Å². The van der Waals surface area contributed by atoms with Crippen molar-refractivity contribution in [3.05, 3.63) is 48.5 Å². The number of nitriles is 1. The first-order valence-electron chi connectivity index (χ1n) is 9.68. The topological polar surface area (TPSA) is 98.8 Å². The van der Waals surface area contributed by atoms with Gasteiger partial charge in [0, 0.05) is 50.8 Å². The van der Waals surface area contributed by atoms with Crippen LogP contribution in [0.3, 0.4) is 0 Å². The lowest BCUT2D eigenvalue weighted by Crippen LogP contribution is -2.54. The minimum Gasteiger partial charge on any atom is -0.352 e. The van der Waals surface area contributed by atoms with Crippen molar-refractivity contribution in [2.24, 2.45) is 7.05 Å². The molecule has 2 aliphatic rings. The number of rotatable bonds is 4. The first-order valence-corrected chi connectivity index (χ1v) is 9.68. The molecule has 1 N–H and O–H groups in total. The maximum atomic E-state index is 9.20. The molecule has 2 aliphatic heterocycles. The second-order valence-electron chi connectivity index (χ2n) is 7.48. The van der Waals surface area contributed by atoms with Gasteiger partial charge in [-0.25, -0.2) is 9.97 Å². The molecule has 0 spiro atoms. The Labute approximate surface area is 168 Å². The van der Waals surface area contributed by atoms with E-state index in [9.17, 15) is 5.26 Å². The Kier molecular flexibility index (Phi) is 4.24. The highest BCUT2D eigenvalue weighted by atomic mass is 15.4. The molecule has 3 aromatic rings. The third-order valence-electron chi connectivity index (χ3n) is 5.55. The zero-order valence-corrected chi connectivity index (χ0v) is 16.1. The van der Waals surface area contributed by atoms with Gasteiger partial charge in [0.05, 0.1) is 23.5 Å². The van der Waals surface area contributed by atoms with E-state index in [1.54, 1.807) is 29.3 Å². The fourth-order valence-electron chi connectivity index (χ4n) is 4.29. The summed E-state index contributed by atoms with van der Waals surface area (Å²) in [6.07, 6.45) is 9.37. The highest BCUT2D eigenvalue weighted by Gasteiger charge is 2.41.